The Morgan fingerprint density at radius 1 is 1.16 bits per heavy atom. The Kier molecular flexibility index (Phi) is 7.28. The van der Waals surface area contributed by atoms with E-state index in [1.54, 1.807) is 0 Å². The first-order valence-electron chi connectivity index (χ1n) is 12.6. The molecule has 0 aliphatic heterocycles. The first-order valence-corrected chi connectivity index (χ1v) is 13.5. The monoisotopic (exact) mass is 531 g/mol. The molecule has 2 aromatic heterocycles. The summed E-state index contributed by atoms with van der Waals surface area (Å²) in [7, 11) is 4.05. The number of ether oxygens (including phenoxy) is 1. The highest BCUT2D eigenvalue weighted by atomic mass is 32.1. The number of amides is 1. The predicted octanol–water partition coefficient (Wildman–Crippen LogP) is 3.47. The van der Waals surface area contributed by atoms with Crippen molar-refractivity contribution in [2.24, 2.45) is 19.5 Å². The molecule has 1 aliphatic rings. The molecule has 2 N–H and O–H groups in total. The summed E-state index contributed by atoms with van der Waals surface area (Å²) in [4.78, 5) is 29.5. The zero-order chi connectivity index (χ0) is 26.7. The van der Waals surface area contributed by atoms with Crippen LogP contribution in [0.1, 0.15) is 28.4 Å². The Balaban J connectivity index is 1.17. The van der Waals surface area contributed by atoms with Gasteiger partial charge in [0.1, 0.15) is 23.2 Å². The Bertz CT molecular complexity index is 1410. The van der Waals surface area contributed by atoms with Gasteiger partial charge in [-0.3, -0.25) is 9.59 Å². The number of aromatic nitrogens is 3. The van der Waals surface area contributed by atoms with E-state index in [9.17, 15) is 14.7 Å². The molecule has 0 unspecified atom stereocenters. The van der Waals surface area contributed by atoms with Gasteiger partial charge >= 0.3 is 5.97 Å². The predicted molar refractivity (Wildman–Crippen MR) is 144 cm³/mol. The van der Waals surface area contributed by atoms with Crippen molar-refractivity contribution in [1.82, 2.24) is 14.9 Å². The van der Waals surface area contributed by atoms with Gasteiger partial charge in [0.05, 0.1) is 51.2 Å². The summed E-state index contributed by atoms with van der Waals surface area (Å²) in [5.41, 5.74) is 2.91. The van der Waals surface area contributed by atoms with E-state index in [1.165, 1.54) is 17.2 Å². The maximum absolute atomic E-state index is 13.2. The van der Waals surface area contributed by atoms with Crippen LogP contribution in [-0.2, 0) is 49.5 Å². The SMILES string of the molecule is Cn1cc[n+](C)c1CCOc1ccc(-c2csc(CNC(=O)C3(CC(=O)O)Cc4ccccc4C3)n2)cc1. The number of hydrogen-bond donors (Lipinski definition) is 2. The van der Waals surface area contributed by atoms with Gasteiger partial charge in [0.25, 0.3) is 5.82 Å². The summed E-state index contributed by atoms with van der Waals surface area (Å²) in [5.74, 6) is 0.786. The van der Waals surface area contributed by atoms with Crippen LogP contribution in [-0.4, -0.2) is 33.1 Å². The second-order valence-corrected chi connectivity index (χ2v) is 10.8. The number of rotatable bonds is 10. The zero-order valence-electron chi connectivity index (χ0n) is 21.5. The average molecular weight is 532 g/mol. The summed E-state index contributed by atoms with van der Waals surface area (Å²) >= 11 is 1.47. The van der Waals surface area contributed by atoms with E-state index in [4.69, 9.17) is 4.74 Å². The van der Waals surface area contributed by atoms with E-state index in [2.05, 4.69) is 19.4 Å². The Hall–Kier alpha value is -3.98. The molecule has 1 aliphatic carbocycles. The second-order valence-electron chi connectivity index (χ2n) is 9.84. The topological polar surface area (TPSA) is 97.3 Å². The lowest BCUT2D eigenvalue weighted by molar-refractivity contribution is -0.678. The number of carboxylic acids is 1. The summed E-state index contributed by atoms with van der Waals surface area (Å²) in [6.07, 6.45) is 5.53. The van der Waals surface area contributed by atoms with Gasteiger partial charge in [0, 0.05) is 10.9 Å². The van der Waals surface area contributed by atoms with Gasteiger partial charge in [-0.05, 0) is 48.2 Å². The molecule has 0 saturated carbocycles. The summed E-state index contributed by atoms with van der Waals surface area (Å²) < 4.78 is 10.1. The maximum atomic E-state index is 13.2. The fourth-order valence-electron chi connectivity index (χ4n) is 5.17. The van der Waals surface area contributed by atoms with Crippen LogP contribution in [0, 0.1) is 5.41 Å². The van der Waals surface area contributed by atoms with Gasteiger partial charge in [-0.15, -0.1) is 11.3 Å². The van der Waals surface area contributed by atoms with E-state index >= 15 is 0 Å². The number of carboxylic acid groups (broad SMARTS) is 1. The lowest BCUT2D eigenvalue weighted by Gasteiger charge is -2.25. The van der Waals surface area contributed by atoms with Gasteiger partial charge in [0.2, 0.25) is 5.91 Å². The number of hydrogen-bond acceptors (Lipinski definition) is 5. The zero-order valence-corrected chi connectivity index (χ0v) is 22.3. The van der Waals surface area contributed by atoms with Crippen molar-refractivity contribution in [3.05, 3.63) is 88.3 Å². The average Bonchev–Trinajstić information content (AvgIpc) is 3.61. The molecule has 196 valence electrons. The van der Waals surface area contributed by atoms with Crippen LogP contribution in [0.5, 0.6) is 5.75 Å². The highest BCUT2D eigenvalue weighted by molar-refractivity contribution is 7.09. The standard InChI is InChI=1S/C29H30N4O4S/c1-32-12-13-33(2)26(32)11-14-37-23-9-7-20(8-10-23)24-19-38-25(31-24)18-30-28(36)29(17-27(34)35)15-21-5-3-4-6-22(21)16-29/h3-10,12-13,19H,11,14-18H2,1-2H3,(H-,30,34,35,36)/p+1. The second kappa shape index (κ2) is 10.8. The Morgan fingerprint density at radius 2 is 1.87 bits per heavy atom. The van der Waals surface area contributed by atoms with Gasteiger partial charge < -0.3 is 15.2 Å². The van der Waals surface area contributed by atoms with Gasteiger partial charge in [-0.1, -0.05) is 24.3 Å². The molecule has 8 nitrogen and oxygen atoms in total. The number of aliphatic carboxylic acids is 1. The Morgan fingerprint density at radius 3 is 2.50 bits per heavy atom. The van der Waals surface area contributed by atoms with E-state index in [1.807, 2.05) is 80.4 Å². The third-order valence-electron chi connectivity index (χ3n) is 7.17. The lowest BCUT2D eigenvalue weighted by atomic mass is 9.80. The van der Waals surface area contributed by atoms with Crippen LogP contribution < -0.4 is 14.6 Å². The molecular formula is C29H31N4O4S+. The van der Waals surface area contributed by atoms with Gasteiger partial charge in [-0.25, -0.2) is 14.1 Å². The van der Waals surface area contributed by atoms with Crippen LogP contribution in [0.25, 0.3) is 11.3 Å². The number of carbonyl (C=O) groups is 2. The molecule has 9 heteroatoms. The third kappa shape index (κ3) is 5.47. The smallest absolute Gasteiger partial charge is 0.304 e. The quantitative estimate of drug-likeness (QED) is 0.306. The van der Waals surface area contributed by atoms with Crippen molar-refractivity contribution in [3.63, 3.8) is 0 Å². The fourth-order valence-corrected chi connectivity index (χ4v) is 5.92. The minimum Gasteiger partial charge on any atom is -0.493 e. The van der Waals surface area contributed by atoms with Crippen LogP contribution >= 0.6 is 11.3 Å². The van der Waals surface area contributed by atoms with Crippen molar-refractivity contribution in [2.75, 3.05) is 6.61 Å². The molecule has 0 fully saturated rings. The van der Waals surface area contributed by atoms with Crippen molar-refractivity contribution < 1.29 is 24.0 Å². The highest BCUT2D eigenvalue weighted by Crippen LogP contribution is 2.40. The van der Waals surface area contributed by atoms with Crippen LogP contribution in [0.3, 0.4) is 0 Å². The molecular weight excluding hydrogens is 500 g/mol. The molecule has 0 bridgehead atoms. The molecule has 0 saturated heterocycles. The molecule has 2 heterocycles. The van der Waals surface area contributed by atoms with E-state index < -0.39 is 11.4 Å². The first-order chi connectivity index (χ1) is 18.3. The normalized spacial score (nSPS) is 13.7. The number of nitrogens with one attached hydrogen (secondary N) is 1. The Labute approximate surface area is 225 Å². The molecule has 2 aromatic carbocycles. The molecule has 1 amide bonds. The largest absolute Gasteiger partial charge is 0.493 e. The maximum Gasteiger partial charge on any atom is 0.304 e. The molecule has 4 aromatic rings. The van der Waals surface area contributed by atoms with Crippen LogP contribution in [0.15, 0.2) is 66.3 Å². The molecule has 38 heavy (non-hydrogen) atoms. The minimum atomic E-state index is -0.969. The van der Waals surface area contributed by atoms with E-state index in [0.29, 0.717) is 19.4 Å². The minimum absolute atomic E-state index is 0.200. The molecule has 0 spiro atoms. The molecule has 0 atom stereocenters. The highest BCUT2D eigenvalue weighted by Gasteiger charge is 2.45. The molecule has 0 radical (unpaired) electrons. The summed E-state index contributed by atoms with van der Waals surface area (Å²) in [6.45, 7) is 0.846. The van der Waals surface area contributed by atoms with Crippen molar-refractivity contribution in [3.8, 4) is 17.0 Å². The number of carbonyl (C=O) groups excluding carboxylic acids is 1. The number of benzene rings is 2. The number of imidazole rings is 1. The van der Waals surface area contributed by atoms with Gasteiger partial charge in [-0.2, -0.15) is 0 Å². The first kappa shape index (κ1) is 25.7. The van der Waals surface area contributed by atoms with Gasteiger partial charge in [0.15, 0.2) is 0 Å². The fraction of sp³-hybridized carbons (Fsp3) is 0.310. The van der Waals surface area contributed by atoms with Crippen molar-refractivity contribution >= 4 is 23.2 Å². The number of thiazole rings is 1. The lowest BCUT2D eigenvalue weighted by Crippen LogP contribution is -2.43. The van der Waals surface area contributed by atoms with Crippen molar-refractivity contribution in [2.45, 2.75) is 32.2 Å². The van der Waals surface area contributed by atoms with Crippen LogP contribution in [0.4, 0.5) is 0 Å². The third-order valence-corrected chi connectivity index (χ3v) is 8.02. The van der Waals surface area contributed by atoms with Crippen molar-refractivity contribution in [1.29, 1.82) is 0 Å². The molecule has 5 rings (SSSR count). The van der Waals surface area contributed by atoms with E-state index in [0.717, 1.165) is 39.6 Å². The summed E-state index contributed by atoms with van der Waals surface area (Å²) in [6, 6.07) is 15.6. The van der Waals surface area contributed by atoms with Crippen LogP contribution in [0.2, 0.25) is 0 Å². The number of nitrogens with zero attached hydrogens (tertiary/aromatic N) is 3. The number of fused-ring (bicyclic) bond motifs is 1. The van der Waals surface area contributed by atoms with E-state index in [-0.39, 0.29) is 18.9 Å². The number of aryl methyl sites for hydroxylation is 2. The summed E-state index contributed by atoms with van der Waals surface area (Å²) in [5, 5.41) is 15.2.